The van der Waals surface area contributed by atoms with E-state index in [9.17, 15) is 0 Å². The zero-order valence-corrected chi connectivity index (χ0v) is 8.55. The Balaban J connectivity index is 2.27. The predicted octanol–water partition coefficient (Wildman–Crippen LogP) is 2.89. The van der Waals surface area contributed by atoms with Gasteiger partial charge >= 0.3 is 0 Å². The van der Waals surface area contributed by atoms with Crippen molar-refractivity contribution < 1.29 is 0 Å². The van der Waals surface area contributed by atoms with Crippen molar-refractivity contribution in [3.05, 3.63) is 24.3 Å². The van der Waals surface area contributed by atoms with Gasteiger partial charge in [-0.15, -0.1) is 0 Å². The summed E-state index contributed by atoms with van der Waals surface area (Å²) in [6.07, 6.45) is 8.80. The van der Waals surface area contributed by atoms with Crippen LogP contribution in [0, 0.1) is 11.8 Å². The number of fused-ring (bicyclic) bond motifs is 1. The summed E-state index contributed by atoms with van der Waals surface area (Å²) in [5.74, 6) is 1.39. The molecule has 3 rings (SSSR count). The maximum Gasteiger partial charge on any atom is 0.0293 e. The van der Waals surface area contributed by atoms with Gasteiger partial charge in [0.15, 0.2) is 0 Å². The van der Waals surface area contributed by atoms with Crippen LogP contribution in [0.2, 0.25) is 0 Å². The molecule has 0 atom stereocenters. The Labute approximate surface area is 77.6 Å². The molecule has 2 heteroatoms. The van der Waals surface area contributed by atoms with Crippen LogP contribution in [0.4, 0.5) is 0 Å². The van der Waals surface area contributed by atoms with Gasteiger partial charge in [-0.2, -0.15) is 0 Å². The molecular formula is C8H8Br2. The molecule has 2 bridgehead atoms. The SMILES string of the molecule is BrC1C2C=CC=CC1C2Br. The van der Waals surface area contributed by atoms with Crippen molar-refractivity contribution >= 4 is 31.9 Å². The fraction of sp³-hybridized carbons (Fsp3) is 0.500. The van der Waals surface area contributed by atoms with Gasteiger partial charge in [0.05, 0.1) is 0 Å². The summed E-state index contributed by atoms with van der Waals surface area (Å²) in [5, 5.41) is 0. The number of hydrogen-bond donors (Lipinski definition) is 0. The van der Waals surface area contributed by atoms with Gasteiger partial charge in [-0.25, -0.2) is 0 Å². The van der Waals surface area contributed by atoms with Gasteiger partial charge in [0.2, 0.25) is 0 Å². The lowest BCUT2D eigenvalue weighted by atomic mass is 9.75. The Morgan fingerprint density at radius 2 is 1.20 bits per heavy atom. The summed E-state index contributed by atoms with van der Waals surface area (Å²) in [6, 6.07) is 0. The first-order valence-corrected chi connectivity index (χ1v) is 5.27. The standard InChI is InChI=1S/C8H8Br2/c9-7-5-3-1-2-4-6(7)8(5)10/h1-8H. The van der Waals surface area contributed by atoms with Crippen molar-refractivity contribution in [2.75, 3.05) is 0 Å². The average molecular weight is 264 g/mol. The first kappa shape index (κ1) is 7.11. The molecule has 0 spiro atoms. The van der Waals surface area contributed by atoms with Crippen molar-refractivity contribution in [2.24, 2.45) is 11.8 Å². The van der Waals surface area contributed by atoms with Gasteiger partial charge in [0, 0.05) is 21.5 Å². The first-order chi connectivity index (χ1) is 4.80. The minimum Gasteiger partial charge on any atom is -0.0877 e. The highest BCUT2D eigenvalue weighted by atomic mass is 79.9. The molecule has 1 saturated carbocycles. The van der Waals surface area contributed by atoms with Gasteiger partial charge in [-0.3, -0.25) is 0 Å². The molecule has 0 unspecified atom stereocenters. The summed E-state index contributed by atoms with van der Waals surface area (Å²) in [4.78, 5) is 1.32. The van der Waals surface area contributed by atoms with Crippen LogP contribution in [0.25, 0.3) is 0 Å². The highest BCUT2D eigenvalue weighted by molar-refractivity contribution is 9.10. The van der Waals surface area contributed by atoms with Crippen LogP contribution in [-0.4, -0.2) is 9.65 Å². The average Bonchev–Trinajstić information content (AvgIpc) is 2.22. The van der Waals surface area contributed by atoms with E-state index in [2.05, 4.69) is 56.2 Å². The minimum atomic E-state index is 0.659. The summed E-state index contributed by atoms with van der Waals surface area (Å²) < 4.78 is 0. The lowest BCUT2D eigenvalue weighted by Crippen LogP contribution is -2.46. The number of halogens is 2. The Morgan fingerprint density at radius 1 is 0.800 bits per heavy atom. The highest BCUT2D eigenvalue weighted by Gasteiger charge is 2.45. The minimum absolute atomic E-state index is 0.659. The van der Waals surface area contributed by atoms with Crippen molar-refractivity contribution in [1.29, 1.82) is 0 Å². The molecule has 3 aliphatic rings. The van der Waals surface area contributed by atoms with Crippen LogP contribution in [0.3, 0.4) is 0 Å². The summed E-state index contributed by atoms with van der Waals surface area (Å²) in [7, 11) is 0. The molecule has 0 amide bonds. The molecular weight excluding hydrogens is 256 g/mol. The third-order valence-corrected chi connectivity index (χ3v) is 4.69. The van der Waals surface area contributed by atoms with Gasteiger partial charge in [-0.1, -0.05) is 56.2 Å². The molecule has 0 saturated heterocycles. The number of rotatable bonds is 0. The molecule has 0 aromatic rings. The number of allylic oxidation sites excluding steroid dienone is 4. The molecule has 0 aliphatic heterocycles. The molecule has 54 valence electrons. The van der Waals surface area contributed by atoms with E-state index in [0.29, 0.717) is 21.5 Å². The maximum atomic E-state index is 3.66. The van der Waals surface area contributed by atoms with E-state index >= 15 is 0 Å². The molecule has 0 radical (unpaired) electrons. The van der Waals surface area contributed by atoms with Crippen molar-refractivity contribution in [3.8, 4) is 0 Å². The zero-order chi connectivity index (χ0) is 7.14. The van der Waals surface area contributed by atoms with Gasteiger partial charge in [0.1, 0.15) is 0 Å². The van der Waals surface area contributed by atoms with E-state index in [0.717, 1.165) is 0 Å². The predicted molar refractivity (Wildman–Crippen MR) is 50.7 cm³/mol. The lowest BCUT2D eigenvalue weighted by Gasteiger charge is -2.42. The van der Waals surface area contributed by atoms with E-state index in [4.69, 9.17) is 0 Å². The molecule has 0 N–H and O–H groups in total. The maximum absolute atomic E-state index is 3.66. The molecule has 0 aromatic carbocycles. The van der Waals surface area contributed by atoms with Crippen molar-refractivity contribution in [1.82, 2.24) is 0 Å². The van der Waals surface area contributed by atoms with Gasteiger partial charge in [0.25, 0.3) is 0 Å². The molecule has 0 aromatic heterocycles. The molecule has 1 fully saturated rings. The summed E-state index contributed by atoms with van der Waals surface area (Å²) in [5.41, 5.74) is 0. The quantitative estimate of drug-likeness (QED) is 0.590. The van der Waals surface area contributed by atoms with Gasteiger partial charge in [-0.05, 0) is 0 Å². The Hall–Kier alpha value is 0.440. The molecule has 0 nitrogen and oxygen atoms in total. The topological polar surface area (TPSA) is 0 Å². The van der Waals surface area contributed by atoms with Crippen LogP contribution < -0.4 is 0 Å². The van der Waals surface area contributed by atoms with Crippen LogP contribution in [0.1, 0.15) is 0 Å². The second-order valence-electron chi connectivity index (χ2n) is 2.81. The van der Waals surface area contributed by atoms with E-state index in [-0.39, 0.29) is 0 Å². The number of alkyl halides is 2. The fourth-order valence-corrected chi connectivity index (χ4v) is 4.37. The van der Waals surface area contributed by atoms with E-state index in [1.807, 2.05) is 0 Å². The zero-order valence-electron chi connectivity index (χ0n) is 5.37. The fourth-order valence-electron chi connectivity index (χ4n) is 1.53. The first-order valence-electron chi connectivity index (χ1n) is 3.44. The smallest absolute Gasteiger partial charge is 0.0293 e. The lowest BCUT2D eigenvalue weighted by molar-refractivity contribution is 0.345. The van der Waals surface area contributed by atoms with Crippen molar-refractivity contribution in [3.63, 3.8) is 0 Å². The third-order valence-electron chi connectivity index (χ3n) is 2.25. The highest BCUT2D eigenvalue weighted by Crippen LogP contribution is 2.47. The Morgan fingerprint density at radius 3 is 1.60 bits per heavy atom. The van der Waals surface area contributed by atoms with E-state index in [1.165, 1.54) is 0 Å². The van der Waals surface area contributed by atoms with Crippen LogP contribution in [-0.2, 0) is 0 Å². The third kappa shape index (κ3) is 0.850. The molecule has 10 heavy (non-hydrogen) atoms. The van der Waals surface area contributed by atoms with E-state index < -0.39 is 0 Å². The van der Waals surface area contributed by atoms with Gasteiger partial charge < -0.3 is 0 Å². The Kier molecular flexibility index (Phi) is 1.77. The summed E-state index contributed by atoms with van der Waals surface area (Å²) >= 11 is 7.32. The molecule has 3 aliphatic carbocycles. The molecule has 0 heterocycles. The summed E-state index contributed by atoms with van der Waals surface area (Å²) in [6.45, 7) is 0. The van der Waals surface area contributed by atoms with Crippen LogP contribution >= 0.6 is 31.9 Å². The van der Waals surface area contributed by atoms with Crippen LogP contribution in [0.5, 0.6) is 0 Å². The monoisotopic (exact) mass is 262 g/mol. The normalized spacial score (nSPS) is 50.2. The number of hydrogen-bond acceptors (Lipinski definition) is 0. The Bertz CT molecular complexity index is 165. The van der Waals surface area contributed by atoms with E-state index in [1.54, 1.807) is 0 Å². The second-order valence-corrected chi connectivity index (χ2v) is 4.93. The largest absolute Gasteiger partial charge is 0.0877 e. The van der Waals surface area contributed by atoms with Crippen molar-refractivity contribution in [2.45, 2.75) is 9.65 Å². The second kappa shape index (κ2) is 2.49. The van der Waals surface area contributed by atoms with Crippen LogP contribution in [0.15, 0.2) is 24.3 Å².